The number of hydrogen-bond donors (Lipinski definition) is 0. The number of nitrogens with zero attached hydrogens (tertiary/aromatic N) is 6. The Morgan fingerprint density at radius 1 is 0.368 bits per heavy atom. The number of aromatic nitrogens is 6. The molecule has 0 fully saturated rings. The number of allylic oxidation sites excluding steroid dienone is 4. The van der Waals surface area contributed by atoms with Gasteiger partial charge in [-0.15, -0.1) is 0 Å². The van der Waals surface area contributed by atoms with Crippen molar-refractivity contribution in [3.05, 3.63) is 293 Å². The van der Waals surface area contributed by atoms with E-state index in [-0.39, 0.29) is 5.41 Å². The van der Waals surface area contributed by atoms with Crippen LogP contribution >= 0.6 is 0 Å². The number of hydrogen-bond acceptors (Lipinski definition) is 5. The van der Waals surface area contributed by atoms with Crippen LogP contribution in [0, 0.1) is 0 Å². The van der Waals surface area contributed by atoms with Gasteiger partial charge in [-0.25, -0.2) is 24.6 Å². The Morgan fingerprint density at radius 3 is 1.47 bits per heavy atom. The zero-order valence-electron chi connectivity index (χ0n) is 42.4. The molecule has 6 heteroatoms. The molecule has 11 aromatic rings. The van der Waals surface area contributed by atoms with Crippen LogP contribution in [-0.2, 0) is 17.4 Å². The quantitative estimate of drug-likeness (QED) is 0.144. The molecule has 0 unspecified atom stereocenters. The first-order valence-corrected chi connectivity index (χ1v) is 26.3. The van der Waals surface area contributed by atoms with Gasteiger partial charge in [-0.3, -0.25) is 0 Å². The number of fused-ring (bicyclic) bond motifs is 9. The predicted octanol–water partition coefficient (Wildman–Crippen LogP) is 16.1. The first kappa shape index (κ1) is 45.2. The van der Waals surface area contributed by atoms with E-state index >= 15 is 0 Å². The van der Waals surface area contributed by atoms with Gasteiger partial charge in [-0.2, -0.15) is 5.10 Å². The standard InChI is InChI=1S/C70H52N6/c1-69(2)58-29-15-17-31-60(58)70(61-32-18-16-30-59(61)69)57-43-42-54(66-72-64(50-24-11-5-12-25-50)71-65(73-66)51-38-34-48(35-39-51)46-20-7-3-8-21-46)44-56(57)63-55(28-19-33-62(63)70)45-76-68(53-26-13-6-14-27-53)74-67(75-76)52-40-36-49(37-41-52)47-22-9-4-10-23-47/h3-34,36-38,40-44H,35,39,45H2,1-2H3. The van der Waals surface area contributed by atoms with Crippen LogP contribution < -0.4 is 0 Å². The Bertz CT molecular complexity index is 4030. The van der Waals surface area contributed by atoms with Crippen LogP contribution in [0.5, 0.6) is 0 Å². The third-order valence-corrected chi connectivity index (χ3v) is 16.0. The molecule has 0 saturated carbocycles. The van der Waals surface area contributed by atoms with E-state index in [1.807, 2.05) is 24.3 Å². The smallest absolute Gasteiger partial charge is 0.181 e. The highest BCUT2D eigenvalue weighted by atomic mass is 15.3. The molecule has 1 spiro atoms. The summed E-state index contributed by atoms with van der Waals surface area (Å²) in [4.78, 5) is 21.2. The second-order valence-corrected chi connectivity index (χ2v) is 20.7. The summed E-state index contributed by atoms with van der Waals surface area (Å²) in [7, 11) is 0. The molecule has 0 bridgehead atoms. The lowest BCUT2D eigenvalue weighted by Gasteiger charge is -2.46. The normalized spacial score (nSPS) is 14.5. The zero-order chi connectivity index (χ0) is 50.8. The highest BCUT2D eigenvalue weighted by Crippen LogP contribution is 2.63. The van der Waals surface area contributed by atoms with Crippen molar-refractivity contribution >= 4 is 11.1 Å². The average Bonchev–Trinajstić information content (AvgIpc) is 4.09. The van der Waals surface area contributed by atoms with Gasteiger partial charge in [0.1, 0.15) is 0 Å². The molecule has 0 radical (unpaired) electrons. The average molecular weight is 977 g/mol. The van der Waals surface area contributed by atoms with Crippen molar-refractivity contribution in [2.45, 2.75) is 44.1 Å². The summed E-state index contributed by atoms with van der Waals surface area (Å²) in [6.45, 7) is 5.23. The summed E-state index contributed by atoms with van der Waals surface area (Å²) in [6.07, 6.45) is 6.16. The van der Waals surface area contributed by atoms with Crippen LogP contribution in [0.4, 0.5) is 0 Å². The molecule has 0 amide bonds. The minimum absolute atomic E-state index is 0.236. The van der Waals surface area contributed by atoms with Gasteiger partial charge in [0, 0.05) is 27.7 Å². The molecular formula is C70H52N6. The molecule has 362 valence electrons. The molecule has 0 N–H and O–H groups in total. The van der Waals surface area contributed by atoms with Gasteiger partial charge in [0.2, 0.25) is 0 Å². The second kappa shape index (κ2) is 18.2. The largest absolute Gasteiger partial charge is 0.241 e. The molecule has 2 heterocycles. The highest BCUT2D eigenvalue weighted by molar-refractivity contribution is 5.92. The summed E-state index contributed by atoms with van der Waals surface area (Å²) in [5.74, 6) is 3.49. The molecule has 14 rings (SSSR count). The fourth-order valence-electron chi connectivity index (χ4n) is 12.4. The Hall–Kier alpha value is -9.39. The molecule has 0 aliphatic heterocycles. The number of rotatable bonds is 9. The first-order valence-electron chi connectivity index (χ1n) is 26.3. The van der Waals surface area contributed by atoms with Crippen molar-refractivity contribution in [1.29, 1.82) is 0 Å². The topological polar surface area (TPSA) is 69.4 Å². The first-order chi connectivity index (χ1) is 37.4. The maximum atomic E-state index is 5.38. The molecule has 0 saturated heterocycles. The lowest BCUT2D eigenvalue weighted by Crippen LogP contribution is -2.40. The van der Waals surface area contributed by atoms with Gasteiger partial charge >= 0.3 is 0 Å². The zero-order valence-corrected chi connectivity index (χ0v) is 42.4. The molecular weight excluding hydrogens is 925 g/mol. The van der Waals surface area contributed by atoms with Crippen molar-refractivity contribution in [3.63, 3.8) is 0 Å². The van der Waals surface area contributed by atoms with E-state index in [0.29, 0.717) is 29.8 Å². The Labute approximate surface area is 443 Å². The van der Waals surface area contributed by atoms with E-state index in [1.54, 1.807) is 0 Å². The van der Waals surface area contributed by atoms with E-state index in [9.17, 15) is 0 Å². The van der Waals surface area contributed by atoms with Gasteiger partial charge in [0.15, 0.2) is 29.1 Å². The summed E-state index contributed by atoms with van der Waals surface area (Å²) >= 11 is 0. The second-order valence-electron chi connectivity index (χ2n) is 20.7. The Balaban J connectivity index is 0.967. The van der Waals surface area contributed by atoms with E-state index in [4.69, 9.17) is 25.0 Å². The number of benzene rings is 9. The van der Waals surface area contributed by atoms with E-state index in [2.05, 4.69) is 237 Å². The summed E-state index contributed by atoms with van der Waals surface area (Å²) in [5, 5.41) is 5.38. The van der Waals surface area contributed by atoms with Gasteiger partial charge < -0.3 is 0 Å². The molecule has 6 nitrogen and oxygen atoms in total. The van der Waals surface area contributed by atoms with E-state index in [1.165, 1.54) is 55.6 Å². The van der Waals surface area contributed by atoms with Crippen molar-refractivity contribution in [2.75, 3.05) is 0 Å². The van der Waals surface area contributed by atoms with Gasteiger partial charge in [-0.05, 0) is 96.8 Å². The summed E-state index contributed by atoms with van der Waals surface area (Å²) in [5.41, 5.74) is 20.2. The molecule has 3 aliphatic carbocycles. The van der Waals surface area contributed by atoms with E-state index < -0.39 is 5.41 Å². The summed E-state index contributed by atoms with van der Waals surface area (Å²) in [6, 6.07) is 82.6. The van der Waals surface area contributed by atoms with Crippen LogP contribution in [0.15, 0.2) is 243 Å². The molecule has 2 aromatic heterocycles. The van der Waals surface area contributed by atoms with Crippen molar-refractivity contribution in [2.24, 2.45) is 0 Å². The summed E-state index contributed by atoms with van der Waals surface area (Å²) < 4.78 is 2.10. The van der Waals surface area contributed by atoms with Crippen molar-refractivity contribution < 1.29 is 0 Å². The van der Waals surface area contributed by atoms with Gasteiger partial charge in [0.25, 0.3) is 0 Å². The van der Waals surface area contributed by atoms with Crippen molar-refractivity contribution in [3.8, 4) is 67.8 Å². The van der Waals surface area contributed by atoms with E-state index in [0.717, 1.165) is 63.2 Å². The van der Waals surface area contributed by atoms with Gasteiger partial charge in [-0.1, -0.05) is 250 Å². The SMILES string of the molecule is CC1(C)c2ccccc2C2(c3ccc(-c4nc(C5=CC=C(c6ccccc6)CC5)nc(-c5ccccc5)n4)cc3-c3c(Cn4nc(-c5ccc(-c6ccccc6)cc5)nc4-c4ccccc4)cccc32)c2ccccc21. The van der Waals surface area contributed by atoms with Gasteiger partial charge in [0.05, 0.1) is 12.0 Å². The highest BCUT2D eigenvalue weighted by Gasteiger charge is 2.53. The third-order valence-electron chi connectivity index (χ3n) is 16.0. The minimum Gasteiger partial charge on any atom is -0.241 e. The minimum atomic E-state index is -0.618. The molecule has 3 aliphatic rings. The Kier molecular flexibility index (Phi) is 10.8. The predicted molar refractivity (Wildman–Crippen MR) is 307 cm³/mol. The lowest BCUT2D eigenvalue weighted by atomic mass is 9.55. The monoisotopic (exact) mass is 976 g/mol. The lowest BCUT2D eigenvalue weighted by molar-refractivity contribution is 0.563. The van der Waals surface area contributed by atoms with Crippen LogP contribution in [0.25, 0.3) is 79.0 Å². The van der Waals surface area contributed by atoms with Crippen LogP contribution in [-0.4, -0.2) is 29.7 Å². The fraction of sp³-hybridized carbons (Fsp3) is 0.100. The third kappa shape index (κ3) is 7.43. The maximum absolute atomic E-state index is 5.38. The van der Waals surface area contributed by atoms with Crippen LogP contribution in [0.2, 0.25) is 0 Å². The van der Waals surface area contributed by atoms with Crippen molar-refractivity contribution in [1.82, 2.24) is 29.7 Å². The Morgan fingerprint density at radius 2 is 0.842 bits per heavy atom. The fourth-order valence-corrected chi connectivity index (χ4v) is 12.4. The van der Waals surface area contributed by atoms with Crippen LogP contribution in [0.3, 0.4) is 0 Å². The maximum Gasteiger partial charge on any atom is 0.181 e. The molecule has 9 aromatic carbocycles. The molecule has 0 atom stereocenters. The molecule has 76 heavy (non-hydrogen) atoms. The van der Waals surface area contributed by atoms with Crippen LogP contribution in [0.1, 0.15) is 77.0 Å².